The summed E-state index contributed by atoms with van der Waals surface area (Å²) in [5.41, 5.74) is 7.38. The number of hydrogen-bond donors (Lipinski definition) is 0. The van der Waals surface area contributed by atoms with Crippen LogP contribution in [0.5, 0.6) is 34.5 Å². The van der Waals surface area contributed by atoms with Gasteiger partial charge in [-0.15, -0.1) is 37.2 Å². The van der Waals surface area contributed by atoms with Gasteiger partial charge < -0.3 is 33.3 Å². The molecule has 6 rings (SSSR count). The van der Waals surface area contributed by atoms with E-state index in [0.29, 0.717) is 40.5 Å². The minimum Gasteiger partial charge on any atom is -0.493 e. The molecule has 1 saturated heterocycles. The van der Waals surface area contributed by atoms with E-state index in [9.17, 15) is 0 Å². The molecule has 0 N–H and O–H groups in total. The molecule has 0 radical (unpaired) electrons. The van der Waals surface area contributed by atoms with Gasteiger partial charge in [-0.25, -0.2) is 0 Å². The second kappa shape index (κ2) is 20.7. The number of aromatic nitrogens is 2. The Labute approximate surface area is 336 Å². The lowest BCUT2D eigenvalue weighted by atomic mass is 9.99. The van der Waals surface area contributed by atoms with Gasteiger partial charge in [0.25, 0.3) is 0 Å². The van der Waals surface area contributed by atoms with Gasteiger partial charge in [-0.3, -0.25) is 14.9 Å². The Morgan fingerprint density at radius 2 is 1.00 bits per heavy atom. The third kappa shape index (κ3) is 9.92. The molecule has 3 aromatic carbocycles. The Balaban J connectivity index is 0.00000261. The number of methoxy groups -OCH3 is 6. The minimum absolute atomic E-state index is 0. The highest BCUT2D eigenvalue weighted by Gasteiger charge is 2.26. The van der Waals surface area contributed by atoms with Gasteiger partial charge >= 0.3 is 0 Å². The summed E-state index contributed by atoms with van der Waals surface area (Å²) < 4.78 is 33.5. The lowest BCUT2D eigenvalue weighted by molar-refractivity contribution is 0.200. The standard InChI is InChI=1S/C41H46N4O6.3ClH/c1-46-36-18-30(19-37(47-2)40(36)50-5)32-16-28(22-42-24-32)26-44-14-12-35(13-15-44)45(34-10-8-7-9-11-34)27-29-17-33(25-43-23-29)31-20-38(48-3)41(51-6)39(21-31)49-4;;;/h7-11,16-25,35H,12-15,26-27H2,1-6H3;3*1H. The number of benzene rings is 3. The van der Waals surface area contributed by atoms with Crippen LogP contribution in [0.2, 0.25) is 0 Å². The van der Waals surface area contributed by atoms with E-state index in [1.807, 2.05) is 49.1 Å². The molecule has 0 atom stereocenters. The number of pyridine rings is 2. The molecule has 0 saturated carbocycles. The molecule has 0 unspecified atom stereocenters. The Hall–Kier alpha value is -4.61. The summed E-state index contributed by atoms with van der Waals surface area (Å²) in [7, 11) is 9.74. The number of piperidine rings is 1. The van der Waals surface area contributed by atoms with Crippen LogP contribution in [-0.4, -0.2) is 76.7 Å². The van der Waals surface area contributed by atoms with Gasteiger partial charge in [0.15, 0.2) is 23.0 Å². The number of nitrogens with zero attached hydrogens (tertiary/aromatic N) is 4. The quantitative estimate of drug-likeness (QED) is 0.109. The summed E-state index contributed by atoms with van der Waals surface area (Å²) in [6.45, 7) is 3.52. The van der Waals surface area contributed by atoms with Crippen LogP contribution in [0.1, 0.15) is 24.0 Å². The number of hydrogen-bond acceptors (Lipinski definition) is 10. The van der Waals surface area contributed by atoms with E-state index in [4.69, 9.17) is 28.4 Å². The zero-order valence-electron chi connectivity index (χ0n) is 31.4. The highest BCUT2D eigenvalue weighted by atomic mass is 35.5. The average Bonchev–Trinajstić information content (AvgIpc) is 3.19. The lowest BCUT2D eigenvalue weighted by Gasteiger charge is -2.40. The molecule has 290 valence electrons. The molecule has 10 nitrogen and oxygen atoms in total. The number of likely N-dealkylation sites (tertiary alicyclic amines) is 1. The normalized spacial score (nSPS) is 12.6. The Kier molecular flexibility index (Phi) is 16.8. The molecule has 2 aromatic heterocycles. The van der Waals surface area contributed by atoms with Crippen LogP contribution in [0.25, 0.3) is 22.3 Å². The molecule has 0 bridgehead atoms. The maximum absolute atomic E-state index is 5.62. The first kappa shape index (κ1) is 43.8. The summed E-state index contributed by atoms with van der Waals surface area (Å²) >= 11 is 0. The predicted octanol–water partition coefficient (Wildman–Crippen LogP) is 8.80. The molecule has 0 amide bonds. The molecule has 13 heteroatoms. The fourth-order valence-electron chi connectivity index (χ4n) is 6.85. The van der Waals surface area contributed by atoms with Crippen molar-refractivity contribution in [3.63, 3.8) is 0 Å². The number of anilines is 1. The Morgan fingerprint density at radius 3 is 1.44 bits per heavy atom. The van der Waals surface area contributed by atoms with Crippen LogP contribution in [0.15, 0.2) is 91.5 Å². The van der Waals surface area contributed by atoms with Crippen molar-refractivity contribution in [1.29, 1.82) is 0 Å². The highest BCUT2D eigenvalue weighted by molar-refractivity contribution is 5.86. The van der Waals surface area contributed by atoms with E-state index in [1.165, 1.54) is 5.69 Å². The third-order valence-corrected chi connectivity index (χ3v) is 9.43. The van der Waals surface area contributed by atoms with E-state index in [1.54, 1.807) is 42.7 Å². The molecule has 1 aliphatic rings. The van der Waals surface area contributed by atoms with Gasteiger partial charge in [0.1, 0.15) is 0 Å². The van der Waals surface area contributed by atoms with Crippen molar-refractivity contribution in [2.75, 3.05) is 60.6 Å². The molecule has 1 fully saturated rings. The van der Waals surface area contributed by atoms with E-state index in [0.717, 1.165) is 72.4 Å². The molecule has 1 aliphatic heterocycles. The first-order valence-corrected chi connectivity index (χ1v) is 17.0. The van der Waals surface area contributed by atoms with Gasteiger partial charge in [-0.05, 0) is 83.6 Å². The fourth-order valence-corrected chi connectivity index (χ4v) is 6.85. The topological polar surface area (TPSA) is 87.6 Å². The van der Waals surface area contributed by atoms with Crippen molar-refractivity contribution >= 4 is 42.9 Å². The van der Waals surface area contributed by atoms with Crippen LogP contribution in [0.3, 0.4) is 0 Å². The van der Waals surface area contributed by atoms with Crippen molar-refractivity contribution in [2.24, 2.45) is 0 Å². The summed E-state index contributed by atoms with van der Waals surface area (Å²) in [5, 5.41) is 0. The summed E-state index contributed by atoms with van der Waals surface area (Å²) in [6, 6.07) is 23.3. The molecular weight excluding hydrogens is 751 g/mol. The van der Waals surface area contributed by atoms with Crippen LogP contribution >= 0.6 is 37.2 Å². The zero-order chi connectivity index (χ0) is 35.7. The molecular formula is C41H49Cl3N4O6. The van der Waals surface area contributed by atoms with Crippen molar-refractivity contribution in [1.82, 2.24) is 14.9 Å². The van der Waals surface area contributed by atoms with Gasteiger partial charge in [0.05, 0.1) is 42.7 Å². The second-order valence-corrected chi connectivity index (χ2v) is 12.5. The van der Waals surface area contributed by atoms with Crippen molar-refractivity contribution in [2.45, 2.75) is 32.0 Å². The zero-order valence-corrected chi connectivity index (χ0v) is 33.9. The first-order valence-electron chi connectivity index (χ1n) is 17.0. The Bertz CT molecular complexity index is 1880. The van der Waals surface area contributed by atoms with E-state index >= 15 is 0 Å². The molecule has 3 heterocycles. The van der Waals surface area contributed by atoms with Gasteiger partial charge in [-0.2, -0.15) is 0 Å². The highest BCUT2D eigenvalue weighted by Crippen LogP contribution is 2.42. The summed E-state index contributed by atoms with van der Waals surface area (Å²) in [5.74, 6) is 3.59. The molecule has 0 aliphatic carbocycles. The number of ether oxygens (including phenoxy) is 6. The molecule has 54 heavy (non-hydrogen) atoms. The molecule has 5 aromatic rings. The smallest absolute Gasteiger partial charge is 0.203 e. The molecule has 0 spiro atoms. The second-order valence-electron chi connectivity index (χ2n) is 12.5. The largest absolute Gasteiger partial charge is 0.493 e. The fraction of sp³-hybridized carbons (Fsp3) is 0.317. The number of halogens is 3. The maximum atomic E-state index is 5.62. The summed E-state index contributed by atoms with van der Waals surface area (Å²) in [4.78, 5) is 14.3. The number of rotatable bonds is 14. The van der Waals surface area contributed by atoms with Crippen molar-refractivity contribution < 1.29 is 28.4 Å². The average molecular weight is 800 g/mol. The Morgan fingerprint density at radius 1 is 0.556 bits per heavy atom. The van der Waals surface area contributed by atoms with Crippen LogP contribution in [0, 0.1) is 0 Å². The van der Waals surface area contributed by atoms with Crippen molar-refractivity contribution in [3.05, 3.63) is 103 Å². The van der Waals surface area contributed by atoms with Gasteiger partial charge in [0.2, 0.25) is 11.5 Å². The van der Waals surface area contributed by atoms with Crippen molar-refractivity contribution in [3.8, 4) is 56.8 Å². The number of para-hydroxylation sites is 1. The maximum Gasteiger partial charge on any atom is 0.203 e. The minimum atomic E-state index is 0. The van der Waals surface area contributed by atoms with E-state index < -0.39 is 0 Å². The first-order chi connectivity index (χ1) is 25.0. The van der Waals surface area contributed by atoms with Crippen LogP contribution in [-0.2, 0) is 13.1 Å². The van der Waals surface area contributed by atoms with Gasteiger partial charge in [0, 0.05) is 73.8 Å². The van der Waals surface area contributed by atoms with E-state index in [-0.39, 0.29) is 37.2 Å². The van der Waals surface area contributed by atoms with Crippen LogP contribution in [0.4, 0.5) is 5.69 Å². The SMILES string of the molecule is COc1cc(-c2cncc(CN3CCC(N(Cc4cncc(-c5cc(OC)c(OC)c(OC)c5)c4)c4ccccc4)CC3)c2)cc(OC)c1OC.Cl.Cl.Cl. The predicted molar refractivity (Wildman–Crippen MR) is 221 cm³/mol. The summed E-state index contributed by atoms with van der Waals surface area (Å²) in [6.07, 6.45) is 9.74. The van der Waals surface area contributed by atoms with Gasteiger partial charge in [-0.1, -0.05) is 18.2 Å². The monoisotopic (exact) mass is 798 g/mol. The third-order valence-electron chi connectivity index (χ3n) is 9.43. The van der Waals surface area contributed by atoms with Crippen LogP contribution < -0.4 is 33.3 Å². The lowest BCUT2D eigenvalue weighted by Crippen LogP contribution is -2.44. The van der Waals surface area contributed by atoms with E-state index in [2.05, 4.69) is 62.2 Å².